The number of ketones is 1. The highest BCUT2D eigenvalue weighted by molar-refractivity contribution is 6.31. The third kappa shape index (κ3) is 3.84. The van der Waals surface area contributed by atoms with Crippen molar-refractivity contribution < 1.29 is 9.72 Å². The Labute approximate surface area is 203 Å². The summed E-state index contributed by atoms with van der Waals surface area (Å²) in [5.74, 6) is -0.631. The predicted octanol–water partition coefficient (Wildman–Crippen LogP) is 5.81. The van der Waals surface area contributed by atoms with Crippen molar-refractivity contribution in [2.75, 3.05) is 4.90 Å². The van der Waals surface area contributed by atoms with Gasteiger partial charge in [-0.1, -0.05) is 49.2 Å². The van der Waals surface area contributed by atoms with Gasteiger partial charge in [0.15, 0.2) is 5.78 Å². The number of carbonyl (C=O) groups is 1. The van der Waals surface area contributed by atoms with Gasteiger partial charge in [0.25, 0.3) is 5.69 Å². The summed E-state index contributed by atoms with van der Waals surface area (Å²) in [6.07, 6.45) is 0.775. The molecule has 2 aromatic carbocycles. The van der Waals surface area contributed by atoms with Gasteiger partial charge in [0.05, 0.1) is 22.5 Å². The van der Waals surface area contributed by atoms with Crippen LogP contribution in [0.2, 0.25) is 5.02 Å². The normalized spacial score (nSPS) is 19.7. The summed E-state index contributed by atoms with van der Waals surface area (Å²) in [6, 6.07) is 12.4. The largest absolute Gasteiger partial charge is 0.384 e. The molecule has 0 bridgehead atoms. The Kier molecular flexibility index (Phi) is 5.74. The lowest BCUT2D eigenvalue weighted by Crippen LogP contribution is -2.42. The van der Waals surface area contributed by atoms with Crippen molar-refractivity contribution in [1.82, 2.24) is 0 Å². The zero-order chi connectivity index (χ0) is 24.9. The van der Waals surface area contributed by atoms with Crippen LogP contribution in [-0.4, -0.2) is 10.7 Å². The summed E-state index contributed by atoms with van der Waals surface area (Å²) < 4.78 is 0. The first kappa shape index (κ1) is 23.5. The number of hydrogen-bond donors (Lipinski definition) is 1. The van der Waals surface area contributed by atoms with Crippen molar-refractivity contribution >= 4 is 28.8 Å². The van der Waals surface area contributed by atoms with Crippen LogP contribution in [0.1, 0.15) is 49.3 Å². The van der Waals surface area contributed by atoms with Gasteiger partial charge in [-0.3, -0.25) is 19.8 Å². The van der Waals surface area contributed by atoms with E-state index in [2.05, 4.69) is 6.07 Å². The second kappa shape index (κ2) is 8.30. The molecule has 1 unspecified atom stereocenters. The average molecular weight is 477 g/mol. The molecule has 174 valence electrons. The summed E-state index contributed by atoms with van der Waals surface area (Å²) in [6.45, 7) is 7.86. The zero-order valence-electron chi connectivity index (χ0n) is 19.5. The monoisotopic (exact) mass is 476 g/mol. The molecule has 0 saturated heterocycles. The third-order valence-electron chi connectivity index (χ3n) is 6.50. The lowest BCUT2D eigenvalue weighted by molar-refractivity contribution is -0.384. The molecule has 1 aliphatic carbocycles. The summed E-state index contributed by atoms with van der Waals surface area (Å²) in [5, 5.41) is 22.3. The number of hydrogen-bond acceptors (Lipinski definition) is 6. The van der Waals surface area contributed by atoms with Crippen molar-refractivity contribution in [3.05, 3.63) is 90.9 Å². The maximum absolute atomic E-state index is 13.6. The van der Waals surface area contributed by atoms with E-state index in [4.69, 9.17) is 17.3 Å². The number of Topliss-reactive ketones (excluding diaryl/α,β-unsaturated/α-hetero) is 1. The minimum absolute atomic E-state index is 0.0842. The van der Waals surface area contributed by atoms with Gasteiger partial charge in [-0.2, -0.15) is 5.26 Å². The number of carbonyl (C=O) groups excluding carboxylic acids is 1. The van der Waals surface area contributed by atoms with Gasteiger partial charge < -0.3 is 5.73 Å². The van der Waals surface area contributed by atoms with Gasteiger partial charge >= 0.3 is 0 Å². The Hall–Kier alpha value is -3.63. The highest BCUT2D eigenvalue weighted by atomic mass is 35.5. The molecule has 1 aliphatic heterocycles. The SMILES string of the molecule is Cc1ccc(C)c(C2C(C#N)=C(N)N(c3ccc(Cl)cc3[N+](=O)[O-])C3=C2C(=O)CC(C)(C)C3)c1. The van der Waals surface area contributed by atoms with Crippen LogP contribution in [0, 0.1) is 40.7 Å². The Balaban J connectivity index is 2.08. The highest BCUT2D eigenvalue weighted by Gasteiger charge is 2.46. The average Bonchev–Trinajstić information content (AvgIpc) is 2.74. The smallest absolute Gasteiger partial charge is 0.294 e. The quantitative estimate of drug-likeness (QED) is 0.442. The number of aryl methyl sites for hydroxylation is 2. The van der Waals surface area contributed by atoms with Crippen molar-refractivity contribution in [2.24, 2.45) is 11.1 Å². The van der Waals surface area contributed by atoms with Crippen molar-refractivity contribution in [3.63, 3.8) is 0 Å². The van der Waals surface area contributed by atoms with Crippen LogP contribution in [-0.2, 0) is 4.79 Å². The molecule has 2 aliphatic rings. The molecule has 0 fully saturated rings. The van der Waals surface area contributed by atoms with E-state index in [0.29, 0.717) is 24.1 Å². The molecule has 0 amide bonds. The van der Waals surface area contributed by atoms with E-state index in [-0.39, 0.29) is 39.0 Å². The molecule has 1 heterocycles. The summed E-state index contributed by atoms with van der Waals surface area (Å²) in [4.78, 5) is 26.5. The van der Waals surface area contributed by atoms with Crippen LogP contribution >= 0.6 is 11.6 Å². The van der Waals surface area contributed by atoms with E-state index >= 15 is 0 Å². The second-order valence-corrected chi connectivity index (χ2v) is 10.2. The summed E-state index contributed by atoms with van der Waals surface area (Å²) in [7, 11) is 0. The van der Waals surface area contributed by atoms with Crippen LogP contribution in [0.5, 0.6) is 0 Å². The molecule has 8 heteroatoms. The molecule has 2 N–H and O–H groups in total. The van der Waals surface area contributed by atoms with E-state index in [0.717, 1.165) is 16.7 Å². The lowest BCUT2D eigenvalue weighted by atomic mass is 9.68. The van der Waals surface area contributed by atoms with Gasteiger partial charge in [0.2, 0.25) is 0 Å². The van der Waals surface area contributed by atoms with Crippen LogP contribution < -0.4 is 10.6 Å². The minimum Gasteiger partial charge on any atom is -0.384 e. The molecule has 0 aromatic heterocycles. The number of nitrogens with zero attached hydrogens (tertiary/aromatic N) is 3. The first-order valence-electron chi connectivity index (χ1n) is 10.9. The van der Waals surface area contributed by atoms with E-state index < -0.39 is 10.8 Å². The number of nitro benzene ring substituents is 1. The molecule has 1 atom stereocenters. The van der Waals surface area contributed by atoms with Crippen LogP contribution in [0.3, 0.4) is 0 Å². The van der Waals surface area contributed by atoms with Crippen LogP contribution in [0.4, 0.5) is 11.4 Å². The number of nitro groups is 1. The van der Waals surface area contributed by atoms with Crippen molar-refractivity contribution in [1.29, 1.82) is 5.26 Å². The minimum atomic E-state index is -0.633. The predicted molar refractivity (Wildman–Crippen MR) is 131 cm³/mol. The molecule has 0 radical (unpaired) electrons. The maximum atomic E-state index is 13.6. The number of benzene rings is 2. The fourth-order valence-electron chi connectivity index (χ4n) is 5.00. The Morgan fingerprint density at radius 1 is 1.21 bits per heavy atom. The van der Waals surface area contributed by atoms with E-state index in [1.54, 1.807) is 0 Å². The van der Waals surface area contributed by atoms with E-state index in [1.807, 2.05) is 45.9 Å². The van der Waals surface area contributed by atoms with Crippen molar-refractivity contribution in [3.8, 4) is 6.07 Å². The zero-order valence-corrected chi connectivity index (χ0v) is 20.2. The topological polar surface area (TPSA) is 113 Å². The Morgan fingerprint density at radius 2 is 1.91 bits per heavy atom. The standard InChI is InChI=1S/C26H25ClN4O3/c1-14-5-6-15(2)17(9-14)23-18(13-28)25(29)30(19-8-7-16(27)10-20(19)31(33)34)21-11-26(3,4)12-22(32)24(21)23/h5-10,23H,11-12,29H2,1-4H3. The Bertz CT molecular complexity index is 1350. The molecule has 2 aromatic rings. The molecule has 0 saturated carbocycles. The van der Waals surface area contributed by atoms with Gasteiger partial charge in [-0.15, -0.1) is 0 Å². The fraction of sp³-hybridized carbons (Fsp3) is 0.308. The molecule has 34 heavy (non-hydrogen) atoms. The number of allylic oxidation sites excluding steroid dienone is 3. The molecule has 7 nitrogen and oxygen atoms in total. The van der Waals surface area contributed by atoms with E-state index in [9.17, 15) is 20.2 Å². The molecular formula is C26H25ClN4O3. The van der Waals surface area contributed by atoms with Crippen molar-refractivity contribution in [2.45, 2.75) is 46.5 Å². The number of halogens is 1. The maximum Gasteiger partial charge on any atom is 0.294 e. The lowest BCUT2D eigenvalue weighted by Gasteiger charge is -2.43. The van der Waals surface area contributed by atoms with Gasteiger partial charge in [-0.25, -0.2) is 0 Å². The van der Waals surface area contributed by atoms with Gasteiger partial charge in [0, 0.05) is 28.8 Å². The number of anilines is 1. The fourth-order valence-corrected chi connectivity index (χ4v) is 5.16. The van der Waals surface area contributed by atoms with E-state index in [1.165, 1.54) is 23.1 Å². The first-order valence-corrected chi connectivity index (χ1v) is 11.3. The summed E-state index contributed by atoms with van der Waals surface area (Å²) >= 11 is 6.05. The van der Waals surface area contributed by atoms with Crippen LogP contribution in [0.15, 0.2) is 59.1 Å². The van der Waals surface area contributed by atoms with Crippen LogP contribution in [0.25, 0.3) is 0 Å². The molecule has 4 rings (SSSR count). The first-order chi connectivity index (χ1) is 15.9. The second-order valence-electron chi connectivity index (χ2n) is 9.73. The Morgan fingerprint density at radius 3 is 2.56 bits per heavy atom. The number of nitriles is 1. The third-order valence-corrected chi connectivity index (χ3v) is 6.74. The number of nitrogens with two attached hydrogens (primary N) is 1. The van der Waals surface area contributed by atoms with Gasteiger partial charge in [-0.05, 0) is 48.9 Å². The number of rotatable bonds is 3. The highest BCUT2D eigenvalue weighted by Crippen LogP contribution is 2.51. The molecular weight excluding hydrogens is 452 g/mol. The summed E-state index contributed by atoms with van der Waals surface area (Å²) in [5.41, 5.74) is 10.2. The molecule has 0 spiro atoms. The van der Waals surface area contributed by atoms with Gasteiger partial charge in [0.1, 0.15) is 11.5 Å².